The average Bonchev–Trinajstić information content (AvgIpc) is 2.71. The molecule has 118 valence electrons. The minimum atomic E-state index is -3.72. The smallest absolute Gasteiger partial charge is 0.262 e. The zero-order chi connectivity index (χ0) is 15.7. The number of H-pyrrole nitrogens is 1. The van der Waals surface area contributed by atoms with Gasteiger partial charge in [-0.1, -0.05) is 0 Å². The molecule has 0 saturated carbocycles. The number of hydrogen-bond acceptors (Lipinski definition) is 5. The van der Waals surface area contributed by atoms with Gasteiger partial charge >= 0.3 is 0 Å². The van der Waals surface area contributed by atoms with Crippen molar-refractivity contribution in [2.24, 2.45) is 0 Å². The van der Waals surface area contributed by atoms with E-state index in [9.17, 15) is 8.42 Å². The molecule has 2 aromatic rings. The number of anilines is 1. The summed E-state index contributed by atoms with van der Waals surface area (Å²) in [6, 6.07) is 4.60. The molecular formula is C14H17N3O4S. The van der Waals surface area contributed by atoms with Gasteiger partial charge in [-0.3, -0.25) is 9.82 Å². The summed E-state index contributed by atoms with van der Waals surface area (Å²) < 4.78 is 38.6. The Labute approximate surface area is 128 Å². The van der Waals surface area contributed by atoms with Crippen molar-refractivity contribution in [1.29, 1.82) is 0 Å². The molecule has 0 bridgehead atoms. The van der Waals surface area contributed by atoms with Crippen molar-refractivity contribution in [2.75, 3.05) is 17.9 Å². The normalized spacial score (nSPS) is 14.5. The molecule has 1 aromatic carbocycles. The molecule has 1 aliphatic rings. The highest BCUT2D eigenvalue weighted by Crippen LogP contribution is 2.32. The zero-order valence-corrected chi connectivity index (χ0v) is 13.2. The van der Waals surface area contributed by atoms with Gasteiger partial charge in [0.2, 0.25) is 0 Å². The number of rotatable bonds is 3. The maximum atomic E-state index is 12.5. The second kappa shape index (κ2) is 5.53. The van der Waals surface area contributed by atoms with Crippen LogP contribution in [0.1, 0.15) is 17.8 Å². The lowest BCUT2D eigenvalue weighted by atomic mass is 10.3. The fourth-order valence-electron chi connectivity index (χ4n) is 2.21. The van der Waals surface area contributed by atoms with Crippen LogP contribution in [0, 0.1) is 13.8 Å². The van der Waals surface area contributed by atoms with Crippen LogP contribution in [-0.2, 0) is 10.0 Å². The Hall–Kier alpha value is -2.22. The van der Waals surface area contributed by atoms with Gasteiger partial charge in [-0.2, -0.15) is 5.10 Å². The number of aryl methyl sites for hydroxylation is 2. The predicted molar refractivity (Wildman–Crippen MR) is 80.9 cm³/mol. The number of sulfonamides is 1. The first-order valence-corrected chi connectivity index (χ1v) is 8.40. The summed E-state index contributed by atoms with van der Waals surface area (Å²) in [6.45, 7) is 4.55. The van der Waals surface area contributed by atoms with E-state index in [1.54, 1.807) is 19.9 Å². The average molecular weight is 323 g/mol. The molecule has 2 heterocycles. The van der Waals surface area contributed by atoms with Crippen molar-refractivity contribution in [2.45, 2.75) is 25.2 Å². The Morgan fingerprint density at radius 2 is 1.91 bits per heavy atom. The van der Waals surface area contributed by atoms with Gasteiger partial charge in [0.05, 0.1) is 35.2 Å². The highest BCUT2D eigenvalue weighted by Gasteiger charge is 2.21. The van der Waals surface area contributed by atoms with Gasteiger partial charge in [-0.25, -0.2) is 8.42 Å². The first-order valence-electron chi connectivity index (χ1n) is 6.91. The standard InChI is InChI=1S/C14H17N3O4S/c1-9-14(10(2)16-15-9)17-22(18,19)11-4-5-12-13(8-11)21-7-3-6-20-12/h4-5,8,17H,3,6-7H2,1-2H3,(H,15,16). The molecule has 8 heteroatoms. The monoisotopic (exact) mass is 323 g/mol. The maximum absolute atomic E-state index is 12.5. The number of fused-ring (bicyclic) bond motifs is 1. The van der Waals surface area contributed by atoms with Gasteiger partial charge < -0.3 is 9.47 Å². The minimum absolute atomic E-state index is 0.122. The molecule has 0 atom stereocenters. The quantitative estimate of drug-likeness (QED) is 0.901. The number of nitrogens with zero attached hydrogens (tertiary/aromatic N) is 1. The van der Waals surface area contributed by atoms with Crippen molar-refractivity contribution in [3.8, 4) is 11.5 Å². The fraction of sp³-hybridized carbons (Fsp3) is 0.357. The van der Waals surface area contributed by atoms with Crippen LogP contribution in [0.3, 0.4) is 0 Å². The molecule has 0 radical (unpaired) electrons. The molecule has 3 rings (SSSR count). The van der Waals surface area contributed by atoms with E-state index in [2.05, 4.69) is 14.9 Å². The Bertz CT molecular complexity index is 779. The van der Waals surface area contributed by atoms with Gasteiger partial charge in [0.25, 0.3) is 10.0 Å². The summed E-state index contributed by atoms with van der Waals surface area (Å²) in [7, 11) is -3.72. The van der Waals surface area contributed by atoms with Gasteiger partial charge in [-0.15, -0.1) is 0 Å². The summed E-state index contributed by atoms with van der Waals surface area (Å²) in [5.41, 5.74) is 1.72. The third kappa shape index (κ3) is 2.74. The number of hydrogen-bond donors (Lipinski definition) is 2. The molecule has 0 unspecified atom stereocenters. The van der Waals surface area contributed by atoms with Gasteiger partial charge in [-0.05, 0) is 26.0 Å². The Balaban J connectivity index is 1.94. The SMILES string of the molecule is Cc1n[nH]c(C)c1NS(=O)(=O)c1ccc2c(c1)OCCCO2. The lowest BCUT2D eigenvalue weighted by Crippen LogP contribution is -2.14. The lowest BCUT2D eigenvalue weighted by Gasteiger charge is -2.11. The molecule has 0 saturated heterocycles. The summed E-state index contributed by atoms with van der Waals surface area (Å²) in [5.74, 6) is 1.01. The third-order valence-corrected chi connectivity index (χ3v) is 4.74. The molecular weight excluding hydrogens is 306 g/mol. The molecule has 22 heavy (non-hydrogen) atoms. The van der Waals surface area contributed by atoms with E-state index in [0.29, 0.717) is 41.8 Å². The fourth-order valence-corrected chi connectivity index (χ4v) is 3.40. The predicted octanol–water partition coefficient (Wildman–Crippen LogP) is 1.99. The second-order valence-corrected chi connectivity index (χ2v) is 6.76. The molecule has 0 amide bonds. The summed E-state index contributed by atoms with van der Waals surface area (Å²) >= 11 is 0. The third-order valence-electron chi connectivity index (χ3n) is 3.39. The number of benzene rings is 1. The van der Waals surface area contributed by atoms with Crippen LogP contribution >= 0.6 is 0 Å². The lowest BCUT2D eigenvalue weighted by molar-refractivity contribution is 0.297. The Morgan fingerprint density at radius 1 is 1.18 bits per heavy atom. The Morgan fingerprint density at radius 3 is 2.59 bits per heavy atom. The van der Waals surface area contributed by atoms with Crippen LogP contribution in [-0.4, -0.2) is 31.8 Å². The van der Waals surface area contributed by atoms with Crippen molar-refractivity contribution >= 4 is 15.7 Å². The second-order valence-electron chi connectivity index (χ2n) is 5.07. The van der Waals surface area contributed by atoms with E-state index in [0.717, 1.165) is 6.42 Å². The molecule has 2 N–H and O–H groups in total. The van der Waals surface area contributed by atoms with Crippen LogP contribution in [0.4, 0.5) is 5.69 Å². The van der Waals surface area contributed by atoms with Gasteiger partial charge in [0, 0.05) is 12.5 Å². The van der Waals surface area contributed by atoms with E-state index in [1.165, 1.54) is 12.1 Å². The number of nitrogens with one attached hydrogen (secondary N) is 2. The Kier molecular flexibility index (Phi) is 3.69. The van der Waals surface area contributed by atoms with E-state index in [1.807, 2.05) is 0 Å². The van der Waals surface area contributed by atoms with E-state index < -0.39 is 10.0 Å². The van der Waals surface area contributed by atoms with Crippen LogP contribution in [0.5, 0.6) is 11.5 Å². The van der Waals surface area contributed by atoms with Crippen LogP contribution in [0.15, 0.2) is 23.1 Å². The largest absolute Gasteiger partial charge is 0.490 e. The molecule has 0 fully saturated rings. The van der Waals surface area contributed by atoms with E-state index >= 15 is 0 Å². The number of ether oxygens (including phenoxy) is 2. The highest BCUT2D eigenvalue weighted by atomic mass is 32.2. The first-order chi connectivity index (χ1) is 10.5. The van der Waals surface area contributed by atoms with Crippen molar-refractivity contribution in [3.05, 3.63) is 29.6 Å². The van der Waals surface area contributed by atoms with E-state index in [4.69, 9.17) is 9.47 Å². The van der Waals surface area contributed by atoms with Crippen LogP contribution in [0.2, 0.25) is 0 Å². The molecule has 0 aliphatic carbocycles. The van der Waals surface area contributed by atoms with Crippen molar-refractivity contribution < 1.29 is 17.9 Å². The van der Waals surface area contributed by atoms with Gasteiger partial charge in [0.15, 0.2) is 11.5 Å². The zero-order valence-electron chi connectivity index (χ0n) is 12.3. The first kappa shape index (κ1) is 14.7. The molecule has 0 spiro atoms. The molecule has 1 aromatic heterocycles. The van der Waals surface area contributed by atoms with Crippen LogP contribution < -0.4 is 14.2 Å². The van der Waals surface area contributed by atoms with E-state index in [-0.39, 0.29) is 4.90 Å². The minimum Gasteiger partial charge on any atom is -0.490 e. The highest BCUT2D eigenvalue weighted by molar-refractivity contribution is 7.92. The number of aromatic amines is 1. The topological polar surface area (TPSA) is 93.3 Å². The van der Waals surface area contributed by atoms with Crippen molar-refractivity contribution in [1.82, 2.24) is 10.2 Å². The maximum Gasteiger partial charge on any atom is 0.262 e. The summed E-state index contributed by atoms with van der Waals surface area (Å²) in [4.78, 5) is 0.122. The van der Waals surface area contributed by atoms with Crippen LogP contribution in [0.25, 0.3) is 0 Å². The molecule has 1 aliphatic heterocycles. The van der Waals surface area contributed by atoms with Gasteiger partial charge in [0.1, 0.15) is 0 Å². The number of aromatic nitrogens is 2. The van der Waals surface area contributed by atoms with Crippen molar-refractivity contribution in [3.63, 3.8) is 0 Å². The molecule has 7 nitrogen and oxygen atoms in total. The summed E-state index contributed by atoms with van der Waals surface area (Å²) in [6.07, 6.45) is 0.766. The summed E-state index contributed by atoms with van der Waals surface area (Å²) in [5, 5.41) is 6.73.